The van der Waals surface area contributed by atoms with E-state index in [0.717, 1.165) is 41.3 Å². The van der Waals surface area contributed by atoms with Crippen molar-refractivity contribution in [1.82, 2.24) is 9.97 Å². The van der Waals surface area contributed by atoms with Crippen LogP contribution in [0.3, 0.4) is 0 Å². The number of nitrogens with one attached hydrogen (secondary N) is 2. The fourth-order valence-electron chi connectivity index (χ4n) is 2.70. The van der Waals surface area contributed by atoms with Gasteiger partial charge in [0, 0.05) is 4.47 Å². The molecule has 4 aromatic rings. The monoisotopic (exact) mass is 576 g/mol. The minimum Gasteiger partial charge on any atom is -0.487 e. The van der Waals surface area contributed by atoms with Crippen LogP contribution in [0.25, 0.3) is 11.0 Å². The van der Waals surface area contributed by atoms with Crippen LogP contribution in [0.2, 0.25) is 0 Å². The van der Waals surface area contributed by atoms with Crippen LogP contribution in [-0.2, 0) is 6.61 Å². The van der Waals surface area contributed by atoms with E-state index in [1.807, 2.05) is 60.7 Å². The zero-order valence-electron chi connectivity index (χ0n) is 15.0. The van der Waals surface area contributed by atoms with Crippen molar-refractivity contribution in [1.29, 1.82) is 0 Å². The number of hydrogen-bond acceptors (Lipinski definition) is 4. The second kappa shape index (κ2) is 9.11. The molecule has 8 heteroatoms. The first-order valence-electron chi connectivity index (χ1n) is 8.68. The van der Waals surface area contributed by atoms with Gasteiger partial charge in [0.25, 0.3) is 0 Å². The molecule has 0 bridgehead atoms. The molecule has 4 rings (SSSR count). The second-order valence-corrected chi connectivity index (χ2v) is 8.83. The van der Waals surface area contributed by atoms with Crippen molar-refractivity contribution in [3.05, 3.63) is 85.2 Å². The van der Waals surface area contributed by atoms with Gasteiger partial charge in [0.05, 0.1) is 26.2 Å². The number of hydrazone groups is 1. The van der Waals surface area contributed by atoms with Crippen LogP contribution in [0.5, 0.6) is 5.75 Å². The zero-order chi connectivity index (χ0) is 20.2. The van der Waals surface area contributed by atoms with E-state index >= 15 is 0 Å². The molecule has 0 aliphatic heterocycles. The number of rotatable bonds is 6. The average Bonchev–Trinajstić information content (AvgIpc) is 3.11. The van der Waals surface area contributed by atoms with Gasteiger partial charge in [0.2, 0.25) is 5.95 Å². The van der Waals surface area contributed by atoms with Crippen LogP contribution in [0.4, 0.5) is 5.95 Å². The number of benzene rings is 3. The third-order valence-electron chi connectivity index (χ3n) is 4.09. The molecule has 1 aromatic heterocycles. The SMILES string of the molecule is Brc1ccc(COc2c(Br)cc(/C=N\Nc3nc4ccccc4[nH]3)cc2Br)cc1. The molecule has 0 spiro atoms. The highest BCUT2D eigenvalue weighted by atomic mass is 79.9. The number of aromatic nitrogens is 2. The number of halogens is 3. The summed E-state index contributed by atoms with van der Waals surface area (Å²) in [6.45, 7) is 0.478. The van der Waals surface area contributed by atoms with Gasteiger partial charge in [-0.25, -0.2) is 10.4 Å². The van der Waals surface area contributed by atoms with E-state index in [1.165, 1.54) is 0 Å². The normalized spacial score (nSPS) is 11.3. The highest BCUT2D eigenvalue weighted by Gasteiger charge is 2.09. The summed E-state index contributed by atoms with van der Waals surface area (Å²) >= 11 is 10.6. The van der Waals surface area contributed by atoms with Gasteiger partial charge in [-0.05, 0) is 79.4 Å². The Balaban J connectivity index is 1.43. The maximum absolute atomic E-state index is 5.97. The molecule has 0 radical (unpaired) electrons. The number of para-hydroxylation sites is 2. The lowest BCUT2D eigenvalue weighted by atomic mass is 10.2. The predicted molar refractivity (Wildman–Crippen MR) is 128 cm³/mol. The van der Waals surface area contributed by atoms with Gasteiger partial charge in [-0.1, -0.05) is 40.2 Å². The maximum Gasteiger partial charge on any atom is 0.222 e. The molecule has 0 unspecified atom stereocenters. The molecule has 0 fully saturated rings. The van der Waals surface area contributed by atoms with E-state index in [4.69, 9.17) is 4.74 Å². The van der Waals surface area contributed by atoms with Gasteiger partial charge in [0.15, 0.2) is 0 Å². The average molecular weight is 579 g/mol. The summed E-state index contributed by atoms with van der Waals surface area (Å²) in [5, 5.41) is 4.27. The number of imidazole rings is 1. The summed E-state index contributed by atoms with van der Waals surface area (Å²) in [4.78, 5) is 7.60. The minimum atomic E-state index is 0.478. The number of H-pyrrole nitrogens is 1. The van der Waals surface area contributed by atoms with E-state index < -0.39 is 0 Å². The number of ether oxygens (including phenoxy) is 1. The first-order valence-corrected chi connectivity index (χ1v) is 11.1. The lowest BCUT2D eigenvalue weighted by Crippen LogP contribution is -1.98. The Bertz CT molecular complexity index is 1120. The Kier molecular flexibility index (Phi) is 6.32. The summed E-state index contributed by atoms with van der Waals surface area (Å²) < 4.78 is 8.70. The van der Waals surface area contributed by atoms with Gasteiger partial charge in [0.1, 0.15) is 12.4 Å². The minimum absolute atomic E-state index is 0.478. The van der Waals surface area contributed by atoms with Gasteiger partial charge in [-0.2, -0.15) is 5.10 Å². The molecule has 5 nitrogen and oxygen atoms in total. The molecule has 2 N–H and O–H groups in total. The largest absolute Gasteiger partial charge is 0.487 e. The molecule has 0 saturated heterocycles. The Morgan fingerprint density at radius 2 is 1.72 bits per heavy atom. The van der Waals surface area contributed by atoms with E-state index in [1.54, 1.807) is 6.21 Å². The highest BCUT2D eigenvalue weighted by Crippen LogP contribution is 2.35. The van der Waals surface area contributed by atoms with Crippen LogP contribution in [0.15, 0.2) is 79.2 Å². The van der Waals surface area contributed by atoms with E-state index in [0.29, 0.717) is 12.6 Å². The third kappa shape index (κ3) is 5.07. The summed E-state index contributed by atoms with van der Waals surface area (Å²) in [5.41, 5.74) is 6.77. The van der Waals surface area contributed by atoms with Crippen LogP contribution in [-0.4, -0.2) is 16.2 Å². The van der Waals surface area contributed by atoms with Gasteiger partial charge in [-0.15, -0.1) is 0 Å². The molecule has 0 aliphatic carbocycles. The standard InChI is InChI=1S/C21H15Br3N4O/c22-15-7-5-13(6-8-15)12-29-20-16(23)9-14(10-17(20)24)11-25-28-21-26-18-3-1-2-4-19(18)27-21/h1-11H,12H2,(H2,26,27,28)/b25-11-. The summed E-state index contributed by atoms with van der Waals surface area (Å²) in [5.74, 6) is 1.34. The van der Waals surface area contributed by atoms with Crippen LogP contribution >= 0.6 is 47.8 Å². The lowest BCUT2D eigenvalue weighted by molar-refractivity contribution is 0.302. The molecule has 3 aromatic carbocycles. The number of nitrogens with zero attached hydrogens (tertiary/aromatic N) is 2. The molecule has 146 valence electrons. The number of hydrogen-bond donors (Lipinski definition) is 2. The molecule has 1 heterocycles. The topological polar surface area (TPSA) is 62.3 Å². The van der Waals surface area contributed by atoms with Gasteiger partial charge >= 0.3 is 0 Å². The molecule has 0 saturated carbocycles. The van der Waals surface area contributed by atoms with Crippen molar-refractivity contribution in [2.24, 2.45) is 5.10 Å². The first kappa shape index (κ1) is 20.1. The van der Waals surface area contributed by atoms with E-state index in [2.05, 4.69) is 68.3 Å². The van der Waals surface area contributed by atoms with Crippen molar-refractivity contribution in [2.75, 3.05) is 5.43 Å². The Hall–Kier alpha value is -2.16. The highest BCUT2D eigenvalue weighted by molar-refractivity contribution is 9.11. The molecule has 0 aliphatic rings. The van der Waals surface area contributed by atoms with E-state index in [9.17, 15) is 0 Å². The zero-order valence-corrected chi connectivity index (χ0v) is 19.8. The first-order chi connectivity index (χ1) is 14.1. The van der Waals surface area contributed by atoms with Crippen LogP contribution in [0, 0.1) is 0 Å². The van der Waals surface area contributed by atoms with Crippen molar-refractivity contribution < 1.29 is 4.74 Å². The molecular weight excluding hydrogens is 564 g/mol. The van der Waals surface area contributed by atoms with Crippen LogP contribution in [0.1, 0.15) is 11.1 Å². The number of fused-ring (bicyclic) bond motifs is 1. The maximum atomic E-state index is 5.97. The summed E-state index contributed by atoms with van der Waals surface area (Å²) in [6, 6.07) is 19.8. The van der Waals surface area contributed by atoms with Crippen molar-refractivity contribution >= 4 is 71.0 Å². The third-order valence-corrected chi connectivity index (χ3v) is 5.80. The fourth-order valence-corrected chi connectivity index (χ4v) is 4.42. The quantitative estimate of drug-likeness (QED) is 0.194. The Labute approximate surface area is 193 Å². The summed E-state index contributed by atoms with van der Waals surface area (Å²) in [6.07, 6.45) is 1.72. The fraction of sp³-hybridized carbons (Fsp3) is 0.0476. The lowest BCUT2D eigenvalue weighted by Gasteiger charge is -2.11. The Morgan fingerprint density at radius 1 is 1.00 bits per heavy atom. The van der Waals surface area contributed by atoms with Crippen molar-refractivity contribution in [3.63, 3.8) is 0 Å². The molecule has 0 amide bonds. The Morgan fingerprint density at radius 3 is 2.45 bits per heavy atom. The van der Waals surface area contributed by atoms with E-state index in [-0.39, 0.29) is 0 Å². The van der Waals surface area contributed by atoms with Crippen LogP contribution < -0.4 is 10.2 Å². The second-order valence-electron chi connectivity index (χ2n) is 6.20. The predicted octanol–water partition coefficient (Wildman–Crippen LogP) is 6.88. The summed E-state index contributed by atoms with van der Waals surface area (Å²) in [7, 11) is 0. The number of anilines is 1. The smallest absolute Gasteiger partial charge is 0.222 e. The number of aromatic amines is 1. The molecular formula is C21H15Br3N4O. The molecule has 29 heavy (non-hydrogen) atoms. The molecule has 0 atom stereocenters. The van der Waals surface area contributed by atoms with Gasteiger partial charge < -0.3 is 9.72 Å². The van der Waals surface area contributed by atoms with Crippen molar-refractivity contribution in [2.45, 2.75) is 6.61 Å². The van der Waals surface area contributed by atoms with Crippen molar-refractivity contribution in [3.8, 4) is 5.75 Å². The van der Waals surface area contributed by atoms with Gasteiger partial charge in [-0.3, -0.25) is 0 Å².